The number of rotatable bonds is 1. The van der Waals surface area contributed by atoms with Crippen LogP contribution in [0, 0.1) is 5.82 Å². The molecular weight excluding hydrogens is 144 g/mol. The first-order valence-corrected chi connectivity index (χ1v) is 2.69. The van der Waals surface area contributed by atoms with E-state index in [0.717, 1.165) is 12.1 Å². The summed E-state index contributed by atoms with van der Waals surface area (Å²) >= 11 is 0. The Bertz CT molecular complexity index is 253. The summed E-state index contributed by atoms with van der Waals surface area (Å²) in [7, 11) is 0. The minimum atomic E-state index is -1.04. The number of aromatic carboxylic acids is 1. The van der Waals surface area contributed by atoms with Gasteiger partial charge < -0.3 is 7.96 Å². The summed E-state index contributed by atoms with van der Waals surface area (Å²) in [5.74, 6) is -1.47. The molecule has 0 saturated heterocycles. The summed E-state index contributed by atoms with van der Waals surface area (Å²) in [6.07, 6.45) is 0. The van der Waals surface area contributed by atoms with Gasteiger partial charge in [0.25, 0.3) is 0 Å². The van der Waals surface area contributed by atoms with Crippen LogP contribution in [0.5, 0.6) is 0 Å². The van der Waals surface area contributed by atoms with Gasteiger partial charge in [-0.05, 0) is 24.3 Å². The summed E-state index contributed by atoms with van der Waals surface area (Å²) in [6, 6.07) is 4.67. The van der Waals surface area contributed by atoms with Gasteiger partial charge in [0.15, 0.2) is 0 Å². The minimum Gasteiger partial charge on any atom is -1.00 e. The van der Waals surface area contributed by atoms with Crippen molar-refractivity contribution in [1.29, 1.82) is 0 Å². The van der Waals surface area contributed by atoms with Gasteiger partial charge in [0.05, 0.1) is 5.56 Å². The van der Waals surface area contributed by atoms with Crippen molar-refractivity contribution < 1.29 is 17.1 Å². The molecule has 0 fully saturated rings. The third kappa shape index (κ3) is 2.48. The Morgan fingerprint density at radius 2 is 1.82 bits per heavy atom. The van der Waals surface area contributed by atoms with Crippen molar-refractivity contribution in [3.63, 3.8) is 0 Å². The normalized spacial score (nSPS) is 8.45. The summed E-state index contributed by atoms with van der Waals surface area (Å²) in [6.45, 7) is 0. The van der Waals surface area contributed by atoms with E-state index >= 15 is 0 Å². The summed E-state index contributed by atoms with van der Waals surface area (Å²) < 4.78 is 12.2. The SMILES string of the molecule is O=C(O)c1ccc(F)cc1.[Be+2].[H-].[H-]. The average Bonchev–Trinajstić information content (AvgIpc) is 1.88. The second-order valence-corrected chi connectivity index (χ2v) is 1.81. The molecule has 1 aromatic carbocycles. The number of carboxylic acid groups (broad SMARTS) is 1. The second kappa shape index (κ2) is 3.84. The molecule has 0 atom stereocenters. The maximum Gasteiger partial charge on any atom is 2.00 e. The van der Waals surface area contributed by atoms with Gasteiger partial charge in [-0.2, -0.15) is 0 Å². The van der Waals surface area contributed by atoms with Crippen molar-refractivity contribution in [3.05, 3.63) is 35.6 Å². The van der Waals surface area contributed by atoms with Gasteiger partial charge in [0.1, 0.15) is 5.82 Å². The third-order valence-electron chi connectivity index (χ3n) is 1.09. The maximum atomic E-state index is 12.2. The van der Waals surface area contributed by atoms with Gasteiger partial charge in [-0.3, -0.25) is 0 Å². The van der Waals surface area contributed by atoms with Crippen LogP contribution in [0.2, 0.25) is 0 Å². The quantitative estimate of drug-likeness (QED) is 0.615. The molecule has 0 aliphatic carbocycles. The molecule has 56 valence electrons. The molecule has 0 aliphatic heterocycles. The first kappa shape index (κ1) is 9.79. The fourth-order valence-corrected chi connectivity index (χ4v) is 0.592. The van der Waals surface area contributed by atoms with Crippen molar-refractivity contribution in [3.8, 4) is 0 Å². The van der Waals surface area contributed by atoms with Gasteiger partial charge in [-0.15, -0.1) is 0 Å². The summed E-state index contributed by atoms with van der Waals surface area (Å²) in [5, 5.41) is 8.35. The van der Waals surface area contributed by atoms with E-state index in [2.05, 4.69) is 0 Å². The van der Waals surface area contributed by atoms with E-state index in [9.17, 15) is 9.18 Å². The Morgan fingerprint density at radius 3 is 2.18 bits per heavy atom. The van der Waals surface area contributed by atoms with Crippen LogP contribution in [0.25, 0.3) is 0 Å². The molecule has 1 aromatic rings. The predicted molar refractivity (Wildman–Crippen MR) is 41.3 cm³/mol. The zero-order valence-corrected chi connectivity index (χ0v) is 5.75. The van der Waals surface area contributed by atoms with Gasteiger partial charge >= 0.3 is 16.1 Å². The molecule has 0 saturated carbocycles. The van der Waals surface area contributed by atoms with Crippen molar-refractivity contribution in [2.45, 2.75) is 0 Å². The molecule has 0 aromatic heterocycles. The van der Waals surface area contributed by atoms with Crippen LogP contribution in [0.3, 0.4) is 0 Å². The Balaban J connectivity index is -0.000000333. The molecule has 0 bridgehead atoms. The zero-order valence-electron chi connectivity index (χ0n) is 7.75. The average molecular weight is 151 g/mol. The zero-order chi connectivity index (χ0) is 7.56. The summed E-state index contributed by atoms with van der Waals surface area (Å²) in [4.78, 5) is 10.2. The number of hydrogen-bond acceptors (Lipinski definition) is 1. The van der Waals surface area contributed by atoms with E-state index in [4.69, 9.17) is 5.11 Å². The number of halogens is 1. The Hall–Kier alpha value is -1.21. The monoisotopic (exact) mass is 151 g/mol. The maximum absolute atomic E-state index is 12.2. The first-order valence-electron chi connectivity index (χ1n) is 2.69. The van der Waals surface area contributed by atoms with E-state index < -0.39 is 11.8 Å². The van der Waals surface area contributed by atoms with E-state index in [0.29, 0.717) is 0 Å². The third-order valence-corrected chi connectivity index (χ3v) is 1.09. The molecule has 0 heterocycles. The van der Waals surface area contributed by atoms with Crippen molar-refractivity contribution in [2.24, 2.45) is 0 Å². The van der Waals surface area contributed by atoms with Crippen molar-refractivity contribution in [2.75, 3.05) is 0 Å². The Kier molecular flexibility index (Phi) is 3.41. The molecular formula is C7H7BeFO2. The topological polar surface area (TPSA) is 37.3 Å². The van der Waals surface area contributed by atoms with Crippen LogP contribution in [-0.4, -0.2) is 21.2 Å². The molecule has 0 unspecified atom stereocenters. The predicted octanol–water partition coefficient (Wildman–Crippen LogP) is 1.37. The standard InChI is InChI=1S/C7H5FO2.Be.2H/c8-6-3-1-5(2-4-6)7(9)10;;;/h1-4H,(H,9,10);;;/q;+2;2*-1. The molecule has 1 rings (SSSR count). The smallest absolute Gasteiger partial charge is 1.00 e. The molecule has 11 heavy (non-hydrogen) atoms. The van der Waals surface area contributed by atoms with Gasteiger partial charge in [-0.25, -0.2) is 9.18 Å². The number of hydrogen-bond donors (Lipinski definition) is 1. The second-order valence-electron chi connectivity index (χ2n) is 1.81. The molecule has 2 nitrogen and oxygen atoms in total. The summed E-state index contributed by atoms with van der Waals surface area (Å²) in [5.41, 5.74) is 0.0985. The minimum absolute atomic E-state index is 0. The van der Waals surface area contributed by atoms with Gasteiger partial charge in [0, 0.05) is 0 Å². The molecule has 0 amide bonds. The van der Waals surface area contributed by atoms with Crippen LogP contribution < -0.4 is 0 Å². The Morgan fingerprint density at radius 1 is 1.36 bits per heavy atom. The Labute approximate surface area is 69.9 Å². The number of carbonyl (C=O) groups is 1. The van der Waals surface area contributed by atoms with E-state index in [1.807, 2.05) is 0 Å². The van der Waals surface area contributed by atoms with E-state index in [1.165, 1.54) is 12.1 Å². The fourth-order valence-electron chi connectivity index (χ4n) is 0.592. The molecule has 0 aliphatic rings. The fraction of sp³-hybridized carbons (Fsp3) is 0. The molecule has 0 spiro atoms. The van der Waals surface area contributed by atoms with E-state index in [1.54, 1.807) is 0 Å². The van der Waals surface area contributed by atoms with Crippen LogP contribution in [-0.2, 0) is 0 Å². The van der Waals surface area contributed by atoms with Gasteiger partial charge in [-0.1, -0.05) is 0 Å². The van der Waals surface area contributed by atoms with Crippen LogP contribution in [0.15, 0.2) is 24.3 Å². The van der Waals surface area contributed by atoms with Crippen LogP contribution in [0.1, 0.15) is 13.2 Å². The van der Waals surface area contributed by atoms with Crippen LogP contribution in [0.4, 0.5) is 4.39 Å². The van der Waals surface area contributed by atoms with Crippen LogP contribution >= 0.6 is 0 Å². The molecule has 4 heteroatoms. The molecule has 1 N–H and O–H groups in total. The first-order chi connectivity index (χ1) is 4.70. The number of benzene rings is 1. The van der Waals surface area contributed by atoms with E-state index in [-0.39, 0.29) is 18.5 Å². The largest absolute Gasteiger partial charge is 2.00 e. The molecule has 0 radical (unpaired) electrons. The van der Waals surface area contributed by atoms with Gasteiger partial charge in [0.2, 0.25) is 0 Å². The van der Waals surface area contributed by atoms with Crippen molar-refractivity contribution >= 4 is 16.1 Å². The number of carboxylic acids is 1. The van der Waals surface area contributed by atoms with Crippen molar-refractivity contribution in [1.82, 2.24) is 0 Å².